The summed E-state index contributed by atoms with van der Waals surface area (Å²) in [4.78, 5) is 31.3. The summed E-state index contributed by atoms with van der Waals surface area (Å²) in [6, 6.07) is 16.0. The van der Waals surface area contributed by atoms with Gasteiger partial charge in [0.2, 0.25) is 0 Å². The van der Waals surface area contributed by atoms with E-state index in [1.54, 1.807) is 12.1 Å². The Morgan fingerprint density at radius 1 is 1.03 bits per heavy atom. The molecule has 0 saturated carbocycles. The molecule has 0 fully saturated rings. The van der Waals surface area contributed by atoms with Crippen LogP contribution in [0.25, 0.3) is 10.2 Å². The number of nitro benzene ring substituents is 1. The van der Waals surface area contributed by atoms with Gasteiger partial charge in [-0.2, -0.15) is 0 Å². The van der Waals surface area contributed by atoms with Gasteiger partial charge in [0.15, 0.2) is 0 Å². The summed E-state index contributed by atoms with van der Waals surface area (Å²) in [5, 5.41) is 14.6. The van der Waals surface area contributed by atoms with E-state index in [2.05, 4.69) is 11.4 Å². The van der Waals surface area contributed by atoms with Gasteiger partial charge < -0.3 is 11.1 Å². The number of carbonyl (C=O) groups excluding carboxylic acids is 1. The highest BCUT2D eigenvalue weighted by molar-refractivity contribution is 7.99. The van der Waals surface area contributed by atoms with E-state index in [9.17, 15) is 14.9 Å². The second-order valence-electron chi connectivity index (χ2n) is 8.18. The van der Waals surface area contributed by atoms with Crippen LogP contribution in [0, 0.1) is 10.1 Å². The van der Waals surface area contributed by atoms with Crippen molar-refractivity contribution in [3.63, 3.8) is 0 Å². The van der Waals surface area contributed by atoms with Crippen LogP contribution in [-0.2, 0) is 12.8 Å². The number of nitrogens with one attached hydrogen (secondary N) is 1. The van der Waals surface area contributed by atoms with Crippen molar-refractivity contribution in [2.24, 2.45) is 0 Å². The molecular weight excluding hydrogens is 468 g/mol. The fraction of sp³-hybridized carbons (Fsp3) is 0.200. The van der Waals surface area contributed by atoms with Gasteiger partial charge in [0.25, 0.3) is 11.6 Å². The Bertz CT molecular complexity index is 1380. The van der Waals surface area contributed by atoms with Crippen LogP contribution < -0.4 is 11.1 Å². The highest BCUT2D eigenvalue weighted by Gasteiger charge is 2.20. The van der Waals surface area contributed by atoms with Gasteiger partial charge in [0, 0.05) is 38.7 Å². The van der Waals surface area contributed by atoms with Crippen molar-refractivity contribution in [3.8, 4) is 0 Å². The van der Waals surface area contributed by atoms with Gasteiger partial charge in [-0.3, -0.25) is 14.9 Å². The normalized spacial score (nSPS) is 13.3. The first-order valence-corrected chi connectivity index (χ1v) is 12.7. The minimum absolute atomic E-state index is 0.0637. The number of thiophene rings is 1. The highest BCUT2D eigenvalue weighted by atomic mass is 32.2. The Labute approximate surface area is 204 Å². The number of carbonyl (C=O) groups is 1. The zero-order chi connectivity index (χ0) is 23.7. The fourth-order valence-electron chi connectivity index (χ4n) is 4.07. The van der Waals surface area contributed by atoms with E-state index in [4.69, 9.17) is 10.7 Å². The molecule has 0 bridgehead atoms. The molecule has 9 heteroatoms. The number of pyridine rings is 1. The molecule has 2 heterocycles. The van der Waals surface area contributed by atoms with E-state index in [0.29, 0.717) is 16.3 Å². The number of aryl methyl sites for hydroxylation is 2. The topological polar surface area (TPSA) is 111 Å². The number of aromatic nitrogens is 1. The van der Waals surface area contributed by atoms with Crippen molar-refractivity contribution in [3.05, 3.63) is 80.8 Å². The standard InChI is InChI=1S/C25H22N4O3S2/c26-22-20-14-15-4-2-1-3-5-21(15)28-25(20)34-23(22)24(30)27-16-6-10-18(11-7-16)33-19-12-8-17(9-13-19)29(31)32/h6-14H,1-5,26H2,(H,27,30). The number of non-ortho nitro benzene ring substituents is 1. The fourth-order valence-corrected chi connectivity index (χ4v) is 5.88. The average Bonchev–Trinajstić information content (AvgIpc) is 3.00. The molecule has 1 amide bonds. The monoisotopic (exact) mass is 490 g/mol. The lowest BCUT2D eigenvalue weighted by Gasteiger charge is -2.06. The number of nitrogens with zero attached hydrogens (tertiary/aromatic N) is 2. The largest absolute Gasteiger partial charge is 0.397 e. The van der Waals surface area contributed by atoms with E-state index < -0.39 is 4.92 Å². The number of anilines is 2. The third-order valence-corrected chi connectivity index (χ3v) is 7.98. The second-order valence-corrected chi connectivity index (χ2v) is 10.3. The number of fused-ring (bicyclic) bond motifs is 2. The highest BCUT2D eigenvalue weighted by Crippen LogP contribution is 2.36. The molecule has 34 heavy (non-hydrogen) atoms. The summed E-state index contributed by atoms with van der Waals surface area (Å²) in [5.41, 5.74) is 9.98. The lowest BCUT2D eigenvalue weighted by molar-refractivity contribution is -0.384. The minimum Gasteiger partial charge on any atom is -0.397 e. The van der Waals surface area contributed by atoms with E-state index in [1.807, 2.05) is 24.3 Å². The van der Waals surface area contributed by atoms with E-state index >= 15 is 0 Å². The van der Waals surface area contributed by atoms with E-state index in [1.165, 1.54) is 47.2 Å². The van der Waals surface area contributed by atoms with Crippen molar-refractivity contribution in [2.45, 2.75) is 41.9 Å². The predicted octanol–water partition coefficient (Wildman–Crippen LogP) is 6.46. The summed E-state index contributed by atoms with van der Waals surface area (Å²) in [7, 11) is 0. The SMILES string of the molecule is Nc1c(C(=O)Nc2ccc(Sc3ccc([N+](=O)[O-])cc3)cc2)sc2nc3c(cc12)CCCCC3. The molecule has 0 spiro atoms. The minimum atomic E-state index is -0.416. The van der Waals surface area contributed by atoms with Crippen LogP contribution >= 0.6 is 23.1 Å². The van der Waals surface area contributed by atoms with Crippen LogP contribution in [0.5, 0.6) is 0 Å². The molecule has 1 aliphatic rings. The summed E-state index contributed by atoms with van der Waals surface area (Å²) in [6.07, 6.45) is 5.53. The number of benzene rings is 2. The Morgan fingerprint density at radius 2 is 1.71 bits per heavy atom. The van der Waals surface area contributed by atoms with Gasteiger partial charge in [0.05, 0.1) is 10.6 Å². The molecule has 172 valence electrons. The lowest BCUT2D eigenvalue weighted by Crippen LogP contribution is -2.11. The quantitative estimate of drug-likeness (QED) is 0.189. The number of hydrogen-bond acceptors (Lipinski definition) is 7. The van der Waals surface area contributed by atoms with Crippen molar-refractivity contribution in [2.75, 3.05) is 11.1 Å². The van der Waals surface area contributed by atoms with Crippen molar-refractivity contribution < 1.29 is 9.72 Å². The number of nitrogen functional groups attached to an aromatic ring is 1. The molecule has 2 aromatic heterocycles. The Kier molecular flexibility index (Phi) is 6.21. The van der Waals surface area contributed by atoms with Gasteiger partial charge >= 0.3 is 0 Å². The average molecular weight is 491 g/mol. The number of rotatable bonds is 5. The van der Waals surface area contributed by atoms with Crippen LogP contribution in [0.1, 0.15) is 40.2 Å². The first-order chi connectivity index (χ1) is 16.5. The van der Waals surface area contributed by atoms with Crippen LogP contribution in [-0.4, -0.2) is 15.8 Å². The summed E-state index contributed by atoms with van der Waals surface area (Å²) in [6.45, 7) is 0. The predicted molar refractivity (Wildman–Crippen MR) is 137 cm³/mol. The second kappa shape index (κ2) is 9.44. The Hall–Kier alpha value is -3.43. The first-order valence-electron chi connectivity index (χ1n) is 11.0. The molecule has 0 radical (unpaired) electrons. The van der Waals surface area contributed by atoms with Crippen LogP contribution in [0.4, 0.5) is 17.1 Å². The molecular formula is C25H22N4O3S2. The molecule has 3 N–H and O–H groups in total. The maximum Gasteiger partial charge on any atom is 0.269 e. The zero-order valence-corrected chi connectivity index (χ0v) is 19.9. The number of amides is 1. The maximum absolute atomic E-state index is 13.0. The van der Waals surface area contributed by atoms with Gasteiger partial charge in [0.1, 0.15) is 9.71 Å². The molecule has 0 aliphatic heterocycles. The van der Waals surface area contributed by atoms with Gasteiger partial charge in [-0.25, -0.2) is 4.98 Å². The van der Waals surface area contributed by atoms with Crippen LogP contribution in [0.15, 0.2) is 64.4 Å². The zero-order valence-electron chi connectivity index (χ0n) is 18.2. The number of nitrogens with two attached hydrogens (primary N) is 1. The Balaban J connectivity index is 1.30. The summed E-state index contributed by atoms with van der Waals surface area (Å²) in [5.74, 6) is -0.244. The third-order valence-electron chi connectivity index (χ3n) is 5.85. The van der Waals surface area contributed by atoms with Crippen LogP contribution in [0.3, 0.4) is 0 Å². The first kappa shape index (κ1) is 22.4. The molecule has 0 unspecified atom stereocenters. The molecule has 2 aromatic carbocycles. The van der Waals surface area contributed by atoms with Crippen molar-refractivity contribution in [1.29, 1.82) is 0 Å². The molecule has 7 nitrogen and oxygen atoms in total. The lowest BCUT2D eigenvalue weighted by atomic mass is 10.1. The smallest absolute Gasteiger partial charge is 0.269 e. The number of hydrogen-bond donors (Lipinski definition) is 2. The van der Waals surface area contributed by atoms with Gasteiger partial charge in [-0.05, 0) is 73.7 Å². The third kappa shape index (κ3) is 4.62. The van der Waals surface area contributed by atoms with Crippen molar-refractivity contribution in [1.82, 2.24) is 4.98 Å². The maximum atomic E-state index is 13.0. The summed E-state index contributed by atoms with van der Waals surface area (Å²) < 4.78 is 0. The van der Waals surface area contributed by atoms with Gasteiger partial charge in [-0.1, -0.05) is 18.2 Å². The molecule has 1 aliphatic carbocycles. The Morgan fingerprint density at radius 3 is 2.41 bits per heavy atom. The van der Waals surface area contributed by atoms with E-state index in [-0.39, 0.29) is 11.6 Å². The van der Waals surface area contributed by atoms with Gasteiger partial charge in [-0.15, -0.1) is 11.3 Å². The van der Waals surface area contributed by atoms with E-state index in [0.717, 1.165) is 51.4 Å². The molecule has 0 atom stereocenters. The summed E-state index contributed by atoms with van der Waals surface area (Å²) >= 11 is 2.83. The molecule has 5 rings (SSSR count). The molecule has 0 saturated heterocycles. The number of nitro groups is 1. The van der Waals surface area contributed by atoms with Crippen LogP contribution in [0.2, 0.25) is 0 Å². The van der Waals surface area contributed by atoms with Crippen molar-refractivity contribution >= 4 is 56.3 Å². The molecule has 4 aromatic rings.